The largest absolute Gasteiger partial charge is 0.481 e. The summed E-state index contributed by atoms with van der Waals surface area (Å²) >= 11 is 0. The highest BCUT2D eigenvalue weighted by atomic mass is 16.4. The Morgan fingerprint density at radius 2 is 1.62 bits per heavy atom. The Balaban J connectivity index is 1.59. The Hall–Kier alpha value is -0.530. The molecule has 70 valence electrons. The smallest absolute Gasteiger partial charge is 0.309 e. The molecular formula is C11H14O2. The van der Waals surface area contributed by atoms with Gasteiger partial charge in [-0.3, -0.25) is 4.79 Å². The fraction of sp³-hybridized carbons (Fsp3) is 0.909. The van der Waals surface area contributed by atoms with E-state index in [2.05, 4.69) is 0 Å². The predicted octanol–water partition coefficient (Wildman–Crippen LogP) is 2.04. The summed E-state index contributed by atoms with van der Waals surface area (Å²) < 4.78 is 0. The van der Waals surface area contributed by atoms with Crippen LogP contribution in [0.15, 0.2) is 0 Å². The van der Waals surface area contributed by atoms with Crippen LogP contribution in [0.3, 0.4) is 0 Å². The second kappa shape index (κ2) is 1.45. The fourth-order valence-corrected chi connectivity index (χ4v) is 4.71. The van der Waals surface area contributed by atoms with Gasteiger partial charge in [0.05, 0.1) is 5.41 Å². The van der Waals surface area contributed by atoms with Crippen LogP contribution in [-0.4, -0.2) is 11.1 Å². The molecule has 0 aromatic carbocycles. The molecule has 6 rings (SSSR count). The van der Waals surface area contributed by atoms with Crippen LogP contribution in [0.4, 0.5) is 0 Å². The number of carbonyl (C=O) groups is 1. The van der Waals surface area contributed by atoms with Crippen LogP contribution in [0.2, 0.25) is 0 Å². The van der Waals surface area contributed by atoms with E-state index in [1.165, 1.54) is 19.3 Å². The summed E-state index contributed by atoms with van der Waals surface area (Å²) in [4.78, 5) is 10.9. The average molecular weight is 178 g/mol. The lowest BCUT2D eigenvalue weighted by molar-refractivity contribution is -0.342. The molecule has 0 amide bonds. The number of carboxylic acids is 1. The van der Waals surface area contributed by atoms with Crippen molar-refractivity contribution in [3.05, 3.63) is 0 Å². The van der Waals surface area contributed by atoms with E-state index in [4.69, 9.17) is 5.11 Å². The molecule has 0 radical (unpaired) electrons. The molecule has 13 heavy (non-hydrogen) atoms. The maximum absolute atomic E-state index is 10.9. The van der Waals surface area contributed by atoms with E-state index in [0.29, 0.717) is 10.8 Å². The molecule has 0 atom stereocenters. The van der Waals surface area contributed by atoms with E-state index in [1.807, 2.05) is 0 Å². The van der Waals surface area contributed by atoms with Gasteiger partial charge in [-0.05, 0) is 55.3 Å². The van der Waals surface area contributed by atoms with Gasteiger partial charge in [-0.25, -0.2) is 0 Å². The lowest BCUT2D eigenvalue weighted by atomic mass is 9.20. The summed E-state index contributed by atoms with van der Waals surface area (Å²) in [6.45, 7) is 0. The summed E-state index contributed by atoms with van der Waals surface area (Å²) in [7, 11) is 0. The lowest BCUT2D eigenvalue weighted by Crippen LogP contribution is -2.77. The van der Waals surface area contributed by atoms with Crippen molar-refractivity contribution in [3.8, 4) is 0 Å². The molecule has 0 spiro atoms. The molecule has 4 bridgehead atoms. The summed E-state index contributed by atoms with van der Waals surface area (Å²) in [6.07, 6.45) is 7.35. The molecule has 6 fully saturated rings. The van der Waals surface area contributed by atoms with Gasteiger partial charge in [0.1, 0.15) is 0 Å². The van der Waals surface area contributed by atoms with Crippen molar-refractivity contribution in [1.29, 1.82) is 0 Å². The third kappa shape index (κ3) is 0.456. The molecule has 0 saturated heterocycles. The number of rotatable bonds is 2. The van der Waals surface area contributed by atoms with Crippen molar-refractivity contribution >= 4 is 5.97 Å². The lowest BCUT2D eigenvalue weighted by Gasteiger charge is -2.83. The summed E-state index contributed by atoms with van der Waals surface area (Å²) in [5.41, 5.74) is 0.949. The zero-order chi connectivity index (χ0) is 8.90. The summed E-state index contributed by atoms with van der Waals surface area (Å²) in [6, 6.07) is 0. The highest BCUT2D eigenvalue weighted by Gasteiger charge is 2.82. The van der Waals surface area contributed by atoms with Crippen LogP contribution < -0.4 is 0 Å². The number of aliphatic carboxylic acids is 1. The molecule has 6 aliphatic carbocycles. The first-order valence-corrected chi connectivity index (χ1v) is 5.33. The van der Waals surface area contributed by atoms with Crippen LogP contribution >= 0.6 is 0 Å². The molecule has 1 N–H and O–H groups in total. The monoisotopic (exact) mass is 178 g/mol. The van der Waals surface area contributed by atoms with Crippen molar-refractivity contribution < 1.29 is 9.90 Å². The van der Waals surface area contributed by atoms with E-state index in [1.54, 1.807) is 0 Å². The van der Waals surface area contributed by atoms with Gasteiger partial charge in [-0.15, -0.1) is 0 Å². The average Bonchev–Trinajstić information content (AvgIpc) is 1.62. The van der Waals surface area contributed by atoms with Gasteiger partial charge >= 0.3 is 5.97 Å². The summed E-state index contributed by atoms with van der Waals surface area (Å²) in [5, 5.41) is 9.01. The van der Waals surface area contributed by atoms with Gasteiger partial charge in [0.25, 0.3) is 0 Å². The number of carboxylic acid groups (broad SMARTS) is 1. The number of hydrogen-bond donors (Lipinski definition) is 1. The van der Waals surface area contributed by atoms with E-state index in [0.717, 1.165) is 25.2 Å². The molecule has 6 saturated carbocycles. The molecule has 0 unspecified atom stereocenters. The van der Waals surface area contributed by atoms with E-state index < -0.39 is 5.97 Å². The SMILES string of the molecule is O=C(O)C12CC(C34CC(C3)C4)(C1)C2. The maximum Gasteiger partial charge on any atom is 0.309 e. The third-order valence-electron chi connectivity index (χ3n) is 5.65. The second-order valence-electron chi connectivity index (χ2n) is 6.15. The van der Waals surface area contributed by atoms with Crippen molar-refractivity contribution in [3.63, 3.8) is 0 Å². The second-order valence-corrected chi connectivity index (χ2v) is 6.15. The van der Waals surface area contributed by atoms with Crippen LogP contribution in [0.1, 0.15) is 38.5 Å². The first kappa shape index (κ1) is 6.86. The Labute approximate surface area is 77.3 Å². The molecule has 0 aromatic rings. The minimum atomic E-state index is -0.527. The van der Waals surface area contributed by atoms with Gasteiger partial charge in [0.2, 0.25) is 0 Å². The molecule has 6 aliphatic rings. The Bertz CT molecular complexity index is 294. The predicted molar refractivity (Wildman–Crippen MR) is 46.1 cm³/mol. The van der Waals surface area contributed by atoms with Gasteiger partial charge in [-0.2, -0.15) is 0 Å². The minimum absolute atomic E-state index is 0.241. The fourth-order valence-electron chi connectivity index (χ4n) is 4.71. The van der Waals surface area contributed by atoms with Gasteiger partial charge < -0.3 is 5.11 Å². The van der Waals surface area contributed by atoms with Crippen molar-refractivity contribution in [1.82, 2.24) is 0 Å². The maximum atomic E-state index is 10.9. The van der Waals surface area contributed by atoms with E-state index in [9.17, 15) is 4.79 Å². The Morgan fingerprint density at radius 1 is 1.08 bits per heavy atom. The van der Waals surface area contributed by atoms with Gasteiger partial charge in [-0.1, -0.05) is 0 Å². The molecule has 0 aliphatic heterocycles. The topological polar surface area (TPSA) is 37.3 Å². The molecule has 0 heterocycles. The van der Waals surface area contributed by atoms with Crippen LogP contribution in [0.5, 0.6) is 0 Å². The van der Waals surface area contributed by atoms with Crippen molar-refractivity contribution in [2.24, 2.45) is 22.2 Å². The number of hydrogen-bond acceptors (Lipinski definition) is 1. The van der Waals surface area contributed by atoms with Crippen LogP contribution in [0, 0.1) is 22.2 Å². The third-order valence-corrected chi connectivity index (χ3v) is 5.65. The summed E-state index contributed by atoms with van der Waals surface area (Å²) in [5.74, 6) is 0.510. The van der Waals surface area contributed by atoms with E-state index in [-0.39, 0.29) is 5.41 Å². The van der Waals surface area contributed by atoms with Gasteiger partial charge in [0, 0.05) is 0 Å². The van der Waals surface area contributed by atoms with Gasteiger partial charge in [0.15, 0.2) is 0 Å². The molecule has 2 heteroatoms. The zero-order valence-electron chi connectivity index (χ0n) is 7.68. The molecule has 0 aromatic heterocycles. The minimum Gasteiger partial charge on any atom is -0.481 e. The molecular weight excluding hydrogens is 164 g/mol. The van der Waals surface area contributed by atoms with Crippen molar-refractivity contribution in [2.75, 3.05) is 0 Å². The van der Waals surface area contributed by atoms with Crippen LogP contribution in [0.25, 0.3) is 0 Å². The van der Waals surface area contributed by atoms with Crippen molar-refractivity contribution in [2.45, 2.75) is 38.5 Å². The highest BCUT2D eigenvalue weighted by Crippen LogP contribution is 2.88. The highest BCUT2D eigenvalue weighted by molar-refractivity contribution is 5.79. The Kier molecular flexibility index (Phi) is 0.763. The van der Waals surface area contributed by atoms with E-state index >= 15 is 0 Å². The zero-order valence-corrected chi connectivity index (χ0v) is 7.68. The van der Waals surface area contributed by atoms with Crippen LogP contribution in [-0.2, 0) is 4.79 Å². The first-order chi connectivity index (χ1) is 6.10. The first-order valence-electron chi connectivity index (χ1n) is 5.33. The Morgan fingerprint density at radius 3 is 1.92 bits per heavy atom. The standard InChI is InChI=1S/C11H14O2/c12-8(13)9-4-11(5-9,6-9)10-1-7(2-10)3-10/h7H,1-6H2,(H,12,13). The quantitative estimate of drug-likeness (QED) is 0.702. The molecule has 2 nitrogen and oxygen atoms in total. The normalized spacial score (nSPS) is 65.4.